The van der Waals surface area contributed by atoms with E-state index in [0.717, 1.165) is 12.8 Å². The van der Waals surface area contributed by atoms with Gasteiger partial charge in [0.2, 0.25) is 10.0 Å². The minimum atomic E-state index is -3.49. The third-order valence-electron chi connectivity index (χ3n) is 3.38. The van der Waals surface area contributed by atoms with Crippen molar-refractivity contribution in [1.29, 1.82) is 0 Å². The molecule has 20 heavy (non-hydrogen) atoms. The van der Waals surface area contributed by atoms with Gasteiger partial charge in [-0.3, -0.25) is 4.68 Å². The zero-order valence-electron chi connectivity index (χ0n) is 11.5. The number of sulfonamides is 1. The van der Waals surface area contributed by atoms with Crippen LogP contribution in [0.4, 0.5) is 0 Å². The molecule has 114 valence electrons. The van der Waals surface area contributed by atoms with E-state index in [1.807, 2.05) is 6.92 Å². The van der Waals surface area contributed by atoms with E-state index >= 15 is 0 Å². The Morgan fingerprint density at radius 1 is 1.55 bits per heavy atom. The van der Waals surface area contributed by atoms with Gasteiger partial charge >= 0.3 is 0 Å². The molecule has 0 N–H and O–H groups in total. The van der Waals surface area contributed by atoms with Crippen molar-refractivity contribution in [3.8, 4) is 0 Å². The molecule has 0 radical (unpaired) electrons. The van der Waals surface area contributed by atoms with Crippen molar-refractivity contribution in [2.24, 2.45) is 0 Å². The fourth-order valence-corrected chi connectivity index (χ4v) is 3.98. The highest BCUT2D eigenvalue weighted by Crippen LogP contribution is 2.21. The van der Waals surface area contributed by atoms with Gasteiger partial charge in [-0.1, -0.05) is 6.92 Å². The summed E-state index contributed by atoms with van der Waals surface area (Å²) in [6.45, 7) is 3.88. The van der Waals surface area contributed by atoms with Crippen LogP contribution in [0.3, 0.4) is 0 Å². The summed E-state index contributed by atoms with van der Waals surface area (Å²) in [5, 5.41) is 4.09. The Bertz CT molecular complexity index is 532. The summed E-state index contributed by atoms with van der Waals surface area (Å²) < 4.78 is 33.8. The van der Waals surface area contributed by atoms with Gasteiger partial charge in [0, 0.05) is 31.2 Å². The van der Waals surface area contributed by atoms with E-state index < -0.39 is 10.0 Å². The number of hydrogen-bond donors (Lipinski definition) is 0. The summed E-state index contributed by atoms with van der Waals surface area (Å²) in [6.07, 6.45) is 4.48. The van der Waals surface area contributed by atoms with Crippen LogP contribution in [0.2, 0.25) is 0 Å². The van der Waals surface area contributed by atoms with Crippen molar-refractivity contribution < 1.29 is 13.2 Å². The first-order chi connectivity index (χ1) is 9.59. The molecule has 1 saturated heterocycles. The molecule has 1 aromatic rings. The van der Waals surface area contributed by atoms with Crippen LogP contribution in [-0.4, -0.2) is 54.2 Å². The average Bonchev–Trinajstić information content (AvgIpc) is 2.94. The van der Waals surface area contributed by atoms with E-state index in [2.05, 4.69) is 5.10 Å². The van der Waals surface area contributed by atoms with Crippen LogP contribution in [0.5, 0.6) is 0 Å². The van der Waals surface area contributed by atoms with Crippen molar-refractivity contribution in [1.82, 2.24) is 14.1 Å². The van der Waals surface area contributed by atoms with E-state index in [9.17, 15) is 8.42 Å². The van der Waals surface area contributed by atoms with Crippen molar-refractivity contribution in [3.63, 3.8) is 0 Å². The van der Waals surface area contributed by atoms with Crippen LogP contribution in [-0.2, 0) is 21.3 Å². The molecule has 0 saturated carbocycles. The highest BCUT2D eigenvalue weighted by Gasteiger charge is 2.33. The third-order valence-corrected chi connectivity index (χ3v) is 5.55. The normalized spacial score (nSPS) is 21.2. The minimum absolute atomic E-state index is 0.0973. The summed E-state index contributed by atoms with van der Waals surface area (Å²) in [5.74, 6) is 0.531. The monoisotopic (exact) mass is 321 g/mol. The molecule has 1 atom stereocenters. The number of hydrogen-bond acceptors (Lipinski definition) is 4. The number of rotatable bonds is 6. The van der Waals surface area contributed by atoms with Gasteiger partial charge in [-0.25, -0.2) is 8.42 Å². The molecule has 1 fully saturated rings. The Labute approximate surface area is 124 Å². The van der Waals surface area contributed by atoms with Gasteiger partial charge in [-0.15, -0.1) is 11.6 Å². The number of morpholine rings is 1. The molecule has 0 bridgehead atoms. The smallest absolute Gasteiger partial charge is 0.246 e. The van der Waals surface area contributed by atoms with Crippen molar-refractivity contribution in [3.05, 3.63) is 12.4 Å². The number of aryl methyl sites for hydroxylation is 1. The fourth-order valence-electron chi connectivity index (χ4n) is 2.23. The molecular weight excluding hydrogens is 302 g/mol. The number of aromatic nitrogens is 2. The molecule has 1 aliphatic rings. The number of ether oxygens (including phenoxy) is 1. The van der Waals surface area contributed by atoms with Gasteiger partial charge in [0.15, 0.2) is 0 Å². The first kappa shape index (κ1) is 15.8. The Kier molecular flexibility index (Phi) is 5.42. The SMILES string of the molecule is CCC1COCCN1S(=O)(=O)c1cnn(CCCCl)c1. The van der Waals surface area contributed by atoms with Crippen LogP contribution in [0, 0.1) is 0 Å². The molecule has 0 amide bonds. The van der Waals surface area contributed by atoms with Crippen LogP contribution < -0.4 is 0 Å². The largest absolute Gasteiger partial charge is 0.378 e. The molecule has 1 unspecified atom stereocenters. The molecule has 6 nitrogen and oxygen atoms in total. The lowest BCUT2D eigenvalue weighted by molar-refractivity contribution is 0.0314. The number of halogens is 1. The molecule has 2 heterocycles. The lowest BCUT2D eigenvalue weighted by Gasteiger charge is -2.33. The molecule has 2 rings (SSSR count). The second-order valence-electron chi connectivity index (χ2n) is 4.73. The van der Waals surface area contributed by atoms with Gasteiger partial charge in [-0.05, 0) is 12.8 Å². The standard InChI is InChI=1S/C12H20ClN3O3S/c1-2-11-10-19-7-6-16(11)20(17,18)12-8-14-15(9-12)5-3-4-13/h8-9,11H,2-7,10H2,1H3. The second-order valence-corrected chi connectivity index (χ2v) is 7.00. The zero-order chi connectivity index (χ0) is 14.6. The maximum absolute atomic E-state index is 12.6. The summed E-state index contributed by atoms with van der Waals surface area (Å²) in [7, 11) is -3.49. The lowest BCUT2D eigenvalue weighted by atomic mass is 10.2. The Morgan fingerprint density at radius 3 is 3.05 bits per heavy atom. The van der Waals surface area contributed by atoms with Crippen molar-refractivity contribution in [2.45, 2.75) is 37.2 Å². The predicted octanol–water partition coefficient (Wildman–Crippen LogP) is 1.31. The van der Waals surface area contributed by atoms with Crippen molar-refractivity contribution in [2.75, 3.05) is 25.6 Å². The van der Waals surface area contributed by atoms with Crippen LogP contribution in [0.15, 0.2) is 17.3 Å². The Morgan fingerprint density at radius 2 is 2.35 bits per heavy atom. The van der Waals surface area contributed by atoms with E-state index in [1.165, 1.54) is 10.5 Å². The molecular formula is C12H20ClN3O3S. The van der Waals surface area contributed by atoms with Gasteiger partial charge in [0.05, 0.1) is 19.4 Å². The Hall–Kier alpha value is -0.630. The topological polar surface area (TPSA) is 64.4 Å². The third kappa shape index (κ3) is 3.33. The van der Waals surface area contributed by atoms with E-state index in [-0.39, 0.29) is 10.9 Å². The van der Waals surface area contributed by atoms with Crippen molar-refractivity contribution >= 4 is 21.6 Å². The van der Waals surface area contributed by atoms with Gasteiger partial charge in [-0.2, -0.15) is 9.40 Å². The minimum Gasteiger partial charge on any atom is -0.378 e. The summed E-state index contributed by atoms with van der Waals surface area (Å²) >= 11 is 5.63. The molecule has 8 heteroatoms. The fraction of sp³-hybridized carbons (Fsp3) is 0.750. The maximum atomic E-state index is 12.6. The second kappa shape index (κ2) is 6.89. The zero-order valence-corrected chi connectivity index (χ0v) is 13.1. The Balaban J connectivity index is 2.18. The number of nitrogens with zero attached hydrogens (tertiary/aromatic N) is 3. The van der Waals surface area contributed by atoms with Gasteiger partial charge in [0.1, 0.15) is 4.90 Å². The maximum Gasteiger partial charge on any atom is 0.246 e. The summed E-state index contributed by atoms with van der Waals surface area (Å²) in [4.78, 5) is 0.243. The predicted molar refractivity (Wildman–Crippen MR) is 76.4 cm³/mol. The van der Waals surface area contributed by atoms with E-state index in [1.54, 1.807) is 10.9 Å². The highest BCUT2D eigenvalue weighted by atomic mass is 35.5. The first-order valence-electron chi connectivity index (χ1n) is 6.77. The molecule has 0 aliphatic carbocycles. The quantitative estimate of drug-likeness (QED) is 0.741. The van der Waals surface area contributed by atoms with E-state index in [4.69, 9.17) is 16.3 Å². The summed E-state index contributed by atoms with van der Waals surface area (Å²) in [5.41, 5.74) is 0. The van der Waals surface area contributed by atoms with Gasteiger partial charge in [0.25, 0.3) is 0 Å². The van der Waals surface area contributed by atoms with Crippen LogP contribution in [0.1, 0.15) is 19.8 Å². The average molecular weight is 322 g/mol. The molecule has 1 aliphatic heterocycles. The summed E-state index contributed by atoms with van der Waals surface area (Å²) in [6, 6.07) is -0.0973. The lowest BCUT2D eigenvalue weighted by Crippen LogP contribution is -2.48. The molecule has 0 spiro atoms. The molecule has 1 aromatic heterocycles. The highest BCUT2D eigenvalue weighted by molar-refractivity contribution is 7.89. The number of alkyl halides is 1. The van der Waals surface area contributed by atoms with E-state index in [0.29, 0.717) is 32.2 Å². The van der Waals surface area contributed by atoms with Crippen LogP contribution in [0.25, 0.3) is 0 Å². The first-order valence-corrected chi connectivity index (χ1v) is 8.75. The van der Waals surface area contributed by atoms with Crippen LogP contribution >= 0.6 is 11.6 Å². The van der Waals surface area contributed by atoms with Gasteiger partial charge < -0.3 is 4.74 Å². The molecule has 0 aromatic carbocycles.